The fraction of sp³-hybridized carbons (Fsp3) is 0.538. The van der Waals surface area contributed by atoms with Gasteiger partial charge in [0.1, 0.15) is 18.1 Å². The number of carbonyl (C=O) groups excluding carboxylic acids is 3. The summed E-state index contributed by atoms with van der Waals surface area (Å²) in [5.41, 5.74) is 7.95. The van der Waals surface area contributed by atoms with E-state index in [2.05, 4.69) is 20.9 Å². The standard InChI is InChI=1S/C26H39N5O5/c1-14(2)10-21(25(34)31-22(26(35)36)11-15(3)4)30-23(32)16(5)29-24(33)19(27)12-17-13-28-20-9-7-6-8-18(17)20/h6-9,13-16,19,21-22,28H,10-12,27H2,1-5H3,(H,29,33)(H,30,32)(H,31,34)(H,35,36). The average molecular weight is 502 g/mol. The first-order valence-corrected chi connectivity index (χ1v) is 12.3. The molecule has 2 aromatic rings. The molecule has 0 aliphatic carbocycles. The van der Waals surface area contributed by atoms with Crippen molar-refractivity contribution < 1.29 is 24.3 Å². The van der Waals surface area contributed by atoms with E-state index in [1.165, 1.54) is 6.92 Å². The van der Waals surface area contributed by atoms with E-state index in [1.807, 2.05) is 58.2 Å². The lowest BCUT2D eigenvalue weighted by atomic mass is 10.0. The van der Waals surface area contributed by atoms with Crippen LogP contribution in [0.2, 0.25) is 0 Å². The highest BCUT2D eigenvalue weighted by Crippen LogP contribution is 2.18. The largest absolute Gasteiger partial charge is 0.480 e. The summed E-state index contributed by atoms with van der Waals surface area (Å²) in [4.78, 5) is 53.0. The molecule has 0 spiro atoms. The number of carboxylic acids is 1. The summed E-state index contributed by atoms with van der Waals surface area (Å²) in [6.45, 7) is 9.02. The summed E-state index contributed by atoms with van der Waals surface area (Å²) in [7, 11) is 0. The van der Waals surface area contributed by atoms with Crippen LogP contribution in [0.15, 0.2) is 30.5 Å². The van der Waals surface area contributed by atoms with Crippen LogP contribution in [-0.4, -0.2) is 57.9 Å². The molecule has 0 saturated carbocycles. The molecule has 0 bridgehead atoms. The van der Waals surface area contributed by atoms with Gasteiger partial charge in [-0.2, -0.15) is 0 Å². The van der Waals surface area contributed by atoms with Gasteiger partial charge in [-0.15, -0.1) is 0 Å². The maximum Gasteiger partial charge on any atom is 0.326 e. The second-order valence-electron chi connectivity index (χ2n) is 10.1. The van der Waals surface area contributed by atoms with Gasteiger partial charge in [-0.3, -0.25) is 14.4 Å². The number of fused-ring (bicyclic) bond motifs is 1. The van der Waals surface area contributed by atoms with Gasteiger partial charge in [-0.25, -0.2) is 4.79 Å². The zero-order chi connectivity index (χ0) is 27.0. The lowest BCUT2D eigenvalue weighted by Gasteiger charge is -2.25. The molecule has 10 nitrogen and oxygen atoms in total. The minimum atomic E-state index is -1.13. The molecule has 36 heavy (non-hydrogen) atoms. The molecule has 7 N–H and O–H groups in total. The van der Waals surface area contributed by atoms with Crippen molar-refractivity contribution in [3.8, 4) is 0 Å². The van der Waals surface area contributed by atoms with Crippen molar-refractivity contribution in [1.29, 1.82) is 0 Å². The molecular formula is C26H39N5O5. The molecule has 0 saturated heterocycles. The van der Waals surface area contributed by atoms with Crippen molar-refractivity contribution in [2.24, 2.45) is 17.6 Å². The molecule has 198 valence electrons. The molecule has 0 radical (unpaired) electrons. The number of H-pyrrole nitrogens is 1. The molecule has 1 aromatic heterocycles. The van der Waals surface area contributed by atoms with Gasteiger partial charge in [0.15, 0.2) is 0 Å². The zero-order valence-electron chi connectivity index (χ0n) is 21.6. The van der Waals surface area contributed by atoms with Crippen LogP contribution in [0, 0.1) is 11.8 Å². The normalized spacial score (nSPS) is 14.8. The fourth-order valence-electron chi connectivity index (χ4n) is 3.98. The highest BCUT2D eigenvalue weighted by Gasteiger charge is 2.29. The highest BCUT2D eigenvalue weighted by atomic mass is 16.4. The number of para-hydroxylation sites is 1. The van der Waals surface area contributed by atoms with Crippen LogP contribution in [0.5, 0.6) is 0 Å². The number of aromatic nitrogens is 1. The Hall–Kier alpha value is -3.40. The molecule has 0 aliphatic heterocycles. The number of rotatable bonds is 13. The quantitative estimate of drug-likeness (QED) is 0.244. The van der Waals surface area contributed by atoms with Gasteiger partial charge in [0.2, 0.25) is 17.7 Å². The summed E-state index contributed by atoms with van der Waals surface area (Å²) in [6.07, 6.45) is 2.68. The van der Waals surface area contributed by atoms with Crippen molar-refractivity contribution in [1.82, 2.24) is 20.9 Å². The second kappa shape index (κ2) is 13.1. The molecule has 0 aliphatic rings. The predicted molar refractivity (Wildman–Crippen MR) is 138 cm³/mol. The Labute approximate surface area is 211 Å². The van der Waals surface area contributed by atoms with E-state index in [9.17, 15) is 24.3 Å². The smallest absolute Gasteiger partial charge is 0.326 e. The number of nitrogens with one attached hydrogen (secondary N) is 4. The molecule has 0 fully saturated rings. The Morgan fingerprint density at radius 1 is 0.861 bits per heavy atom. The first kappa shape index (κ1) is 28.8. The zero-order valence-corrected chi connectivity index (χ0v) is 21.6. The van der Waals surface area contributed by atoms with E-state index < -0.39 is 47.9 Å². The van der Waals surface area contributed by atoms with E-state index >= 15 is 0 Å². The average Bonchev–Trinajstić information content (AvgIpc) is 3.20. The van der Waals surface area contributed by atoms with Crippen LogP contribution in [0.1, 0.15) is 53.0 Å². The van der Waals surface area contributed by atoms with E-state index in [0.717, 1.165) is 16.5 Å². The lowest BCUT2D eigenvalue weighted by molar-refractivity contribution is -0.143. The van der Waals surface area contributed by atoms with Crippen LogP contribution in [0.25, 0.3) is 10.9 Å². The molecule has 2 rings (SSSR count). The minimum Gasteiger partial charge on any atom is -0.480 e. The topological polar surface area (TPSA) is 166 Å². The van der Waals surface area contributed by atoms with Gasteiger partial charge < -0.3 is 31.8 Å². The monoisotopic (exact) mass is 501 g/mol. The molecule has 1 aromatic carbocycles. The first-order chi connectivity index (χ1) is 16.9. The number of amides is 3. The maximum atomic E-state index is 12.8. The molecule has 10 heteroatoms. The third-order valence-electron chi connectivity index (χ3n) is 5.87. The van der Waals surface area contributed by atoms with Crippen LogP contribution < -0.4 is 21.7 Å². The number of hydrogen-bond donors (Lipinski definition) is 6. The summed E-state index contributed by atoms with van der Waals surface area (Å²) >= 11 is 0. The molecule has 3 amide bonds. The van der Waals surface area contributed by atoms with Crippen LogP contribution >= 0.6 is 0 Å². The van der Waals surface area contributed by atoms with Gasteiger partial charge in [0.25, 0.3) is 0 Å². The number of aliphatic carboxylic acids is 1. The lowest BCUT2D eigenvalue weighted by Crippen LogP contribution is -2.56. The predicted octanol–water partition coefficient (Wildman–Crippen LogP) is 1.69. The SMILES string of the molecule is CC(C)CC(NC(=O)C(CC(C)C)NC(=O)C(C)NC(=O)C(N)Cc1c[nH]c2ccccc12)C(=O)O. The number of carbonyl (C=O) groups is 4. The maximum absolute atomic E-state index is 12.8. The van der Waals surface area contributed by atoms with Crippen molar-refractivity contribution in [2.45, 2.75) is 78.0 Å². The number of aromatic amines is 1. The Morgan fingerprint density at radius 3 is 2.06 bits per heavy atom. The Bertz CT molecular complexity index is 1060. The molecule has 1 heterocycles. The van der Waals surface area contributed by atoms with Crippen LogP contribution in [0.4, 0.5) is 0 Å². The number of benzene rings is 1. The van der Waals surface area contributed by atoms with E-state index in [4.69, 9.17) is 5.73 Å². The summed E-state index contributed by atoms with van der Waals surface area (Å²) in [5.74, 6) is -2.62. The fourth-order valence-corrected chi connectivity index (χ4v) is 3.98. The third-order valence-corrected chi connectivity index (χ3v) is 5.87. The van der Waals surface area contributed by atoms with Crippen LogP contribution in [0.3, 0.4) is 0 Å². The van der Waals surface area contributed by atoms with Crippen molar-refractivity contribution in [2.75, 3.05) is 0 Å². The van der Waals surface area contributed by atoms with Crippen LogP contribution in [-0.2, 0) is 25.6 Å². The number of carboxylic acid groups (broad SMARTS) is 1. The number of hydrogen-bond acceptors (Lipinski definition) is 5. The van der Waals surface area contributed by atoms with E-state index in [-0.39, 0.29) is 24.7 Å². The van der Waals surface area contributed by atoms with Gasteiger partial charge >= 0.3 is 5.97 Å². The number of nitrogens with two attached hydrogens (primary N) is 1. The molecular weight excluding hydrogens is 462 g/mol. The molecule has 4 atom stereocenters. The third kappa shape index (κ3) is 8.37. The van der Waals surface area contributed by atoms with Crippen molar-refractivity contribution in [3.05, 3.63) is 36.0 Å². The second-order valence-corrected chi connectivity index (χ2v) is 10.1. The Morgan fingerprint density at radius 2 is 1.44 bits per heavy atom. The molecule has 4 unspecified atom stereocenters. The van der Waals surface area contributed by atoms with Crippen molar-refractivity contribution in [3.63, 3.8) is 0 Å². The van der Waals surface area contributed by atoms with Gasteiger partial charge in [-0.1, -0.05) is 45.9 Å². The van der Waals surface area contributed by atoms with Gasteiger partial charge in [-0.05, 0) is 49.7 Å². The summed E-state index contributed by atoms with van der Waals surface area (Å²) in [6, 6.07) is 3.88. The van der Waals surface area contributed by atoms with Gasteiger partial charge in [0, 0.05) is 17.1 Å². The minimum absolute atomic E-state index is 0.0592. The summed E-state index contributed by atoms with van der Waals surface area (Å²) < 4.78 is 0. The van der Waals surface area contributed by atoms with Crippen molar-refractivity contribution >= 4 is 34.6 Å². The Balaban J connectivity index is 1.99. The first-order valence-electron chi connectivity index (χ1n) is 12.3. The van der Waals surface area contributed by atoms with E-state index in [0.29, 0.717) is 6.42 Å². The Kier molecular flexibility index (Phi) is 10.5. The summed E-state index contributed by atoms with van der Waals surface area (Å²) in [5, 5.41) is 18.2. The highest BCUT2D eigenvalue weighted by molar-refractivity contribution is 5.94. The van der Waals surface area contributed by atoms with E-state index in [1.54, 1.807) is 0 Å². The van der Waals surface area contributed by atoms with Gasteiger partial charge in [0.05, 0.1) is 6.04 Å².